The lowest BCUT2D eigenvalue weighted by Crippen LogP contribution is -2.30. The molecule has 0 unspecified atom stereocenters. The predicted molar refractivity (Wildman–Crippen MR) is 138 cm³/mol. The average molecular weight is 484 g/mol. The van der Waals surface area contributed by atoms with E-state index in [0.717, 1.165) is 33.9 Å². The van der Waals surface area contributed by atoms with E-state index in [4.69, 9.17) is 11.6 Å². The summed E-state index contributed by atoms with van der Waals surface area (Å²) in [5.74, 6) is 0.237. The molecule has 0 saturated carbocycles. The number of nitrogens with one attached hydrogen (secondary N) is 2. The number of hydrogen-bond acceptors (Lipinski definition) is 5. The molecule has 5 rings (SSSR count). The highest BCUT2D eigenvalue weighted by atomic mass is 35.5. The number of benzene rings is 2. The molecule has 2 aromatic carbocycles. The Morgan fingerprint density at radius 1 is 0.943 bits per heavy atom. The molecule has 0 saturated heterocycles. The first-order valence-electron chi connectivity index (χ1n) is 11.1. The van der Waals surface area contributed by atoms with E-state index in [2.05, 4.69) is 20.6 Å². The van der Waals surface area contributed by atoms with E-state index in [-0.39, 0.29) is 22.5 Å². The highest BCUT2D eigenvalue weighted by molar-refractivity contribution is 6.33. The molecule has 0 spiro atoms. The van der Waals surface area contributed by atoms with Crippen LogP contribution >= 0.6 is 11.6 Å². The molecule has 0 aliphatic carbocycles. The van der Waals surface area contributed by atoms with Crippen LogP contribution in [0, 0.1) is 13.8 Å². The summed E-state index contributed by atoms with van der Waals surface area (Å²) in [5.41, 5.74) is 5.46. The maximum atomic E-state index is 13.9. The first-order valence-corrected chi connectivity index (χ1v) is 11.4. The van der Waals surface area contributed by atoms with Gasteiger partial charge < -0.3 is 15.5 Å². The van der Waals surface area contributed by atoms with Gasteiger partial charge in [-0.15, -0.1) is 0 Å². The van der Waals surface area contributed by atoms with Crippen molar-refractivity contribution in [2.75, 3.05) is 15.5 Å². The second-order valence-electron chi connectivity index (χ2n) is 8.32. The Hall–Kier alpha value is -4.23. The van der Waals surface area contributed by atoms with Crippen LogP contribution in [0.1, 0.15) is 37.4 Å². The zero-order valence-electron chi connectivity index (χ0n) is 19.2. The summed E-state index contributed by atoms with van der Waals surface area (Å²) in [6, 6.07) is 18.4. The van der Waals surface area contributed by atoms with Crippen molar-refractivity contribution in [2.24, 2.45) is 0 Å². The molecule has 0 bridgehead atoms. The van der Waals surface area contributed by atoms with Crippen LogP contribution in [0.2, 0.25) is 5.15 Å². The maximum Gasteiger partial charge on any atom is 0.258 e. The van der Waals surface area contributed by atoms with Gasteiger partial charge in [0.25, 0.3) is 11.8 Å². The quantitative estimate of drug-likeness (QED) is 0.354. The molecule has 1 aliphatic heterocycles. The van der Waals surface area contributed by atoms with Crippen LogP contribution in [0.3, 0.4) is 0 Å². The van der Waals surface area contributed by atoms with Crippen molar-refractivity contribution in [3.05, 3.63) is 106 Å². The topological polar surface area (TPSA) is 87.2 Å². The lowest BCUT2D eigenvalue weighted by atomic mass is 10.0. The molecule has 8 heteroatoms. The van der Waals surface area contributed by atoms with Crippen LogP contribution in [0.5, 0.6) is 0 Å². The summed E-state index contributed by atoms with van der Waals surface area (Å²) in [6.07, 6.45) is 3.25. The predicted octanol–water partition coefficient (Wildman–Crippen LogP) is 5.90. The van der Waals surface area contributed by atoms with Gasteiger partial charge in [0.2, 0.25) is 0 Å². The monoisotopic (exact) mass is 483 g/mol. The largest absolute Gasteiger partial charge is 0.338 e. The summed E-state index contributed by atoms with van der Waals surface area (Å²) >= 11 is 6.07. The standard InChI is InChI=1S/C27H22ClN5O2/c1-16-14-22(32-26(34)19-8-6-11-29-24(19)28)17(2)13-20(16)27(35)33-15-18-7-5-12-30-25(18)31-21-9-3-4-10-23(21)33/h3-14H,15H2,1-2H3,(H,30,31)(H,32,34). The molecule has 1 aliphatic rings. The minimum atomic E-state index is -0.360. The van der Waals surface area contributed by atoms with Crippen molar-refractivity contribution in [3.63, 3.8) is 0 Å². The number of carbonyl (C=O) groups is 2. The number of halogens is 1. The number of amides is 2. The Morgan fingerprint density at radius 3 is 2.54 bits per heavy atom. The van der Waals surface area contributed by atoms with Crippen molar-refractivity contribution in [1.29, 1.82) is 0 Å². The SMILES string of the molecule is Cc1cc(C(=O)N2Cc3cccnc3Nc3ccccc32)c(C)cc1NC(=O)c1cccnc1Cl. The third-order valence-corrected chi connectivity index (χ3v) is 6.27. The zero-order valence-corrected chi connectivity index (χ0v) is 19.9. The van der Waals surface area contributed by atoms with E-state index in [1.165, 1.54) is 6.20 Å². The molecule has 2 amide bonds. The van der Waals surface area contributed by atoms with Gasteiger partial charge in [-0.2, -0.15) is 0 Å². The second-order valence-corrected chi connectivity index (χ2v) is 8.68. The van der Waals surface area contributed by atoms with Crippen molar-refractivity contribution < 1.29 is 9.59 Å². The smallest absolute Gasteiger partial charge is 0.258 e. The van der Waals surface area contributed by atoms with Crippen molar-refractivity contribution in [2.45, 2.75) is 20.4 Å². The highest BCUT2D eigenvalue weighted by Crippen LogP contribution is 2.36. The molecule has 0 fully saturated rings. The Morgan fingerprint density at radius 2 is 1.71 bits per heavy atom. The molecule has 4 aromatic rings. The van der Waals surface area contributed by atoms with Crippen LogP contribution in [0.15, 0.2) is 73.1 Å². The van der Waals surface area contributed by atoms with Gasteiger partial charge in [0, 0.05) is 29.2 Å². The van der Waals surface area contributed by atoms with Gasteiger partial charge in [0.1, 0.15) is 11.0 Å². The first kappa shape index (κ1) is 22.6. The second kappa shape index (κ2) is 9.19. The van der Waals surface area contributed by atoms with E-state index in [1.54, 1.807) is 23.2 Å². The van der Waals surface area contributed by atoms with E-state index in [0.29, 0.717) is 17.8 Å². The van der Waals surface area contributed by atoms with Crippen LogP contribution < -0.4 is 15.5 Å². The number of pyridine rings is 2. The number of aromatic nitrogens is 2. The number of aryl methyl sites for hydroxylation is 2. The van der Waals surface area contributed by atoms with Gasteiger partial charge in [-0.1, -0.05) is 29.8 Å². The molecule has 35 heavy (non-hydrogen) atoms. The third kappa shape index (κ3) is 4.34. The number of fused-ring (bicyclic) bond motifs is 2. The Balaban J connectivity index is 1.49. The number of anilines is 4. The van der Waals surface area contributed by atoms with Crippen LogP contribution in [0.25, 0.3) is 0 Å². The van der Waals surface area contributed by atoms with Gasteiger partial charge in [-0.25, -0.2) is 9.97 Å². The van der Waals surface area contributed by atoms with E-state index < -0.39 is 0 Å². The zero-order chi connectivity index (χ0) is 24.5. The van der Waals surface area contributed by atoms with Gasteiger partial charge in [0.15, 0.2) is 0 Å². The Kier molecular flexibility index (Phi) is 5.93. The minimum Gasteiger partial charge on any atom is -0.338 e. The molecule has 2 N–H and O–H groups in total. The molecule has 0 atom stereocenters. The number of para-hydroxylation sites is 2. The molecule has 174 valence electrons. The van der Waals surface area contributed by atoms with E-state index >= 15 is 0 Å². The Labute approximate surface area is 207 Å². The van der Waals surface area contributed by atoms with Crippen LogP contribution in [0.4, 0.5) is 22.9 Å². The highest BCUT2D eigenvalue weighted by Gasteiger charge is 2.27. The summed E-state index contributed by atoms with van der Waals surface area (Å²) in [7, 11) is 0. The van der Waals surface area contributed by atoms with Gasteiger partial charge in [0.05, 0.1) is 23.5 Å². The molecule has 7 nitrogen and oxygen atoms in total. The first-order chi connectivity index (χ1) is 16.9. The lowest BCUT2D eigenvalue weighted by Gasteiger charge is -2.24. The van der Waals surface area contributed by atoms with Crippen molar-refractivity contribution in [3.8, 4) is 0 Å². The van der Waals surface area contributed by atoms with Crippen molar-refractivity contribution in [1.82, 2.24) is 9.97 Å². The number of carbonyl (C=O) groups excluding carboxylic acids is 2. The van der Waals surface area contributed by atoms with E-state index in [1.807, 2.05) is 62.4 Å². The minimum absolute atomic E-state index is 0.134. The molecule has 2 aromatic heterocycles. The number of hydrogen-bond donors (Lipinski definition) is 2. The number of rotatable bonds is 3. The fourth-order valence-corrected chi connectivity index (χ4v) is 4.33. The average Bonchev–Trinajstić information content (AvgIpc) is 3.02. The van der Waals surface area contributed by atoms with E-state index in [9.17, 15) is 9.59 Å². The number of nitrogens with zero attached hydrogens (tertiary/aromatic N) is 3. The molecule has 3 heterocycles. The maximum absolute atomic E-state index is 13.9. The van der Waals surface area contributed by atoms with Gasteiger partial charge in [-0.05, 0) is 67.4 Å². The molecule has 0 radical (unpaired) electrons. The lowest BCUT2D eigenvalue weighted by molar-refractivity contribution is 0.0983. The summed E-state index contributed by atoms with van der Waals surface area (Å²) in [6.45, 7) is 4.09. The van der Waals surface area contributed by atoms with Gasteiger partial charge in [-0.3, -0.25) is 9.59 Å². The van der Waals surface area contributed by atoms with Crippen LogP contribution in [-0.4, -0.2) is 21.8 Å². The third-order valence-electron chi connectivity index (χ3n) is 5.97. The van der Waals surface area contributed by atoms with Crippen molar-refractivity contribution >= 4 is 46.3 Å². The fraction of sp³-hybridized carbons (Fsp3) is 0.111. The summed E-state index contributed by atoms with van der Waals surface area (Å²) < 4.78 is 0. The fourth-order valence-electron chi connectivity index (χ4n) is 4.13. The van der Waals surface area contributed by atoms with Crippen LogP contribution in [-0.2, 0) is 6.54 Å². The van der Waals surface area contributed by atoms with Gasteiger partial charge >= 0.3 is 0 Å². The summed E-state index contributed by atoms with van der Waals surface area (Å²) in [5, 5.41) is 6.37. The normalized spacial score (nSPS) is 12.1. The molecular formula is C27H22ClN5O2. The summed E-state index contributed by atoms with van der Waals surface area (Å²) in [4.78, 5) is 36.8. The Bertz CT molecular complexity index is 1470. The molecular weight excluding hydrogens is 462 g/mol.